The molecule has 4 heteroatoms. The SMILES string of the molecule is CC(C)(C=O)C[Si](C)(Cc1ccc(OCc2ccccc2)cc1)OC1=CCCC1. The van der Waals surface area contributed by atoms with E-state index in [0.29, 0.717) is 6.61 Å². The van der Waals surface area contributed by atoms with Crippen LogP contribution in [0.1, 0.15) is 44.2 Å². The number of rotatable bonds is 10. The first-order valence-corrected chi connectivity index (χ1v) is 13.3. The van der Waals surface area contributed by atoms with Crippen LogP contribution in [0.4, 0.5) is 0 Å². The topological polar surface area (TPSA) is 35.5 Å². The number of hydrogen-bond donors (Lipinski definition) is 0. The molecule has 1 unspecified atom stereocenters. The summed E-state index contributed by atoms with van der Waals surface area (Å²) in [4.78, 5) is 11.6. The first-order valence-electron chi connectivity index (χ1n) is 10.5. The Kier molecular flexibility index (Phi) is 6.96. The lowest BCUT2D eigenvalue weighted by atomic mass is 9.99. The normalized spacial score (nSPS) is 16.0. The molecular formula is C25H32O3Si. The summed E-state index contributed by atoms with van der Waals surface area (Å²) in [5.74, 6) is 2.00. The van der Waals surface area contributed by atoms with Gasteiger partial charge in [0.15, 0.2) is 0 Å². The highest BCUT2D eigenvalue weighted by molar-refractivity contribution is 6.72. The Morgan fingerprint density at radius 3 is 2.38 bits per heavy atom. The molecule has 154 valence electrons. The summed E-state index contributed by atoms with van der Waals surface area (Å²) in [5.41, 5.74) is 2.04. The fourth-order valence-corrected chi connectivity index (χ4v) is 8.26. The number of aldehydes is 1. The van der Waals surface area contributed by atoms with Crippen molar-refractivity contribution in [1.82, 2.24) is 0 Å². The minimum Gasteiger partial charge on any atom is -0.547 e. The van der Waals surface area contributed by atoms with Gasteiger partial charge in [0.1, 0.15) is 18.6 Å². The van der Waals surface area contributed by atoms with E-state index < -0.39 is 8.32 Å². The predicted molar refractivity (Wildman–Crippen MR) is 120 cm³/mol. The highest BCUT2D eigenvalue weighted by atomic mass is 28.4. The Labute approximate surface area is 175 Å². The third-order valence-electron chi connectivity index (χ3n) is 5.28. The summed E-state index contributed by atoms with van der Waals surface area (Å²) in [7, 11) is -2.14. The van der Waals surface area contributed by atoms with Crippen molar-refractivity contribution < 1.29 is 14.0 Å². The predicted octanol–water partition coefficient (Wildman–Crippen LogP) is 6.23. The Morgan fingerprint density at radius 1 is 1.03 bits per heavy atom. The first-order chi connectivity index (χ1) is 13.9. The van der Waals surface area contributed by atoms with E-state index in [1.165, 1.54) is 12.0 Å². The fraction of sp³-hybridized carbons (Fsp3) is 0.400. The van der Waals surface area contributed by atoms with E-state index in [1.54, 1.807) is 0 Å². The molecule has 29 heavy (non-hydrogen) atoms. The van der Waals surface area contributed by atoms with Crippen LogP contribution >= 0.6 is 0 Å². The number of hydrogen-bond acceptors (Lipinski definition) is 3. The van der Waals surface area contributed by atoms with Crippen molar-refractivity contribution >= 4 is 14.6 Å². The number of allylic oxidation sites excluding steroid dienone is 2. The number of carbonyl (C=O) groups is 1. The maximum absolute atomic E-state index is 11.6. The van der Waals surface area contributed by atoms with Crippen LogP contribution in [-0.4, -0.2) is 14.6 Å². The van der Waals surface area contributed by atoms with Gasteiger partial charge in [-0.15, -0.1) is 0 Å². The number of ether oxygens (including phenoxy) is 1. The van der Waals surface area contributed by atoms with Crippen LogP contribution in [0.15, 0.2) is 66.4 Å². The van der Waals surface area contributed by atoms with Crippen LogP contribution in [0, 0.1) is 5.41 Å². The summed E-state index contributed by atoms with van der Waals surface area (Å²) in [6, 6.07) is 20.2. The molecule has 3 nitrogen and oxygen atoms in total. The number of carbonyl (C=O) groups excluding carboxylic acids is 1. The Hall–Kier alpha value is -2.33. The van der Waals surface area contributed by atoms with Gasteiger partial charge in [-0.05, 0) is 54.8 Å². The average molecular weight is 409 g/mol. The molecule has 0 saturated carbocycles. The summed E-state index contributed by atoms with van der Waals surface area (Å²) in [6.07, 6.45) is 6.59. The van der Waals surface area contributed by atoms with Crippen molar-refractivity contribution in [1.29, 1.82) is 0 Å². The Balaban J connectivity index is 1.67. The second-order valence-corrected chi connectivity index (χ2v) is 12.8. The molecule has 1 atom stereocenters. The van der Waals surface area contributed by atoms with E-state index in [0.717, 1.165) is 48.3 Å². The molecule has 3 rings (SSSR count). The van der Waals surface area contributed by atoms with Crippen LogP contribution < -0.4 is 4.74 Å². The molecule has 0 aliphatic heterocycles. The van der Waals surface area contributed by atoms with Crippen molar-refractivity contribution in [2.24, 2.45) is 5.41 Å². The van der Waals surface area contributed by atoms with Gasteiger partial charge in [0, 0.05) is 17.9 Å². The van der Waals surface area contributed by atoms with Gasteiger partial charge in [0.2, 0.25) is 0 Å². The highest BCUT2D eigenvalue weighted by Crippen LogP contribution is 2.34. The minimum absolute atomic E-state index is 0.362. The smallest absolute Gasteiger partial charge is 0.253 e. The molecule has 0 bridgehead atoms. The molecule has 0 heterocycles. The van der Waals surface area contributed by atoms with Gasteiger partial charge in [-0.2, -0.15) is 0 Å². The van der Waals surface area contributed by atoms with Gasteiger partial charge in [-0.3, -0.25) is 0 Å². The number of benzene rings is 2. The maximum Gasteiger partial charge on any atom is 0.253 e. The molecule has 0 saturated heterocycles. The molecule has 2 aromatic carbocycles. The molecule has 2 aromatic rings. The van der Waals surface area contributed by atoms with E-state index in [2.05, 4.69) is 36.9 Å². The lowest BCUT2D eigenvalue weighted by Gasteiger charge is -2.34. The van der Waals surface area contributed by atoms with Crippen LogP contribution in [0.5, 0.6) is 5.75 Å². The van der Waals surface area contributed by atoms with Crippen LogP contribution in [-0.2, 0) is 21.9 Å². The summed E-state index contributed by atoms with van der Waals surface area (Å²) < 4.78 is 12.5. The monoisotopic (exact) mass is 408 g/mol. The third-order valence-corrected chi connectivity index (χ3v) is 8.85. The van der Waals surface area contributed by atoms with E-state index in [-0.39, 0.29) is 5.41 Å². The van der Waals surface area contributed by atoms with E-state index >= 15 is 0 Å². The second-order valence-electron chi connectivity index (χ2n) is 8.99. The van der Waals surface area contributed by atoms with E-state index in [1.807, 2.05) is 44.2 Å². The van der Waals surface area contributed by atoms with Crippen molar-refractivity contribution in [3.8, 4) is 5.75 Å². The van der Waals surface area contributed by atoms with E-state index in [9.17, 15) is 4.79 Å². The molecule has 1 aliphatic rings. The average Bonchev–Trinajstić information content (AvgIpc) is 3.20. The zero-order valence-electron chi connectivity index (χ0n) is 17.8. The molecule has 0 N–H and O–H groups in total. The molecule has 0 spiro atoms. The zero-order chi connectivity index (χ0) is 20.7. The van der Waals surface area contributed by atoms with Crippen LogP contribution in [0.25, 0.3) is 0 Å². The lowest BCUT2D eigenvalue weighted by Crippen LogP contribution is -2.42. The first kappa shape index (κ1) is 21.4. The standard InChI is InChI=1S/C25H32O3Si/c1-25(2,19-26)20-29(3,28-24-11-7-8-12-24)18-22-13-15-23(16-14-22)27-17-21-9-5-4-6-10-21/h4-6,9-11,13-16,19H,7-8,12,17-18,20H2,1-3H3. The van der Waals surface area contributed by atoms with Crippen molar-refractivity contribution in [2.45, 2.75) is 58.4 Å². The summed E-state index contributed by atoms with van der Waals surface area (Å²) in [6.45, 7) is 6.85. The Bertz CT molecular complexity index is 827. The molecule has 0 fully saturated rings. The minimum atomic E-state index is -2.14. The van der Waals surface area contributed by atoms with Gasteiger partial charge >= 0.3 is 0 Å². The van der Waals surface area contributed by atoms with Gasteiger partial charge in [0.25, 0.3) is 8.32 Å². The van der Waals surface area contributed by atoms with Gasteiger partial charge in [-0.1, -0.05) is 56.3 Å². The summed E-state index contributed by atoms with van der Waals surface area (Å²) in [5, 5.41) is 0. The largest absolute Gasteiger partial charge is 0.547 e. The lowest BCUT2D eigenvalue weighted by molar-refractivity contribution is -0.114. The quantitative estimate of drug-likeness (QED) is 0.345. The highest BCUT2D eigenvalue weighted by Gasteiger charge is 2.38. The molecule has 1 aliphatic carbocycles. The summed E-state index contributed by atoms with van der Waals surface area (Å²) >= 11 is 0. The van der Waals surface area contributed by atoms with Gasteiger partial charge in [-0.25, -0.2) is 0 Å². The second kappa shape index (κ2) is 9.44. The van der Waals surface area contributed by atoms with Crippen molar-refractivity contribution in [3.63, 3.8) is 0 Å². The zero-order valence-corrected chi connectivity index (χ0v) is 18.8. The van der Waals surface area contributed by atoms with Crippen molar-refractivity contribution in [3.05, 3.63) is 77.6 Å². The fourth-order valence-electron chi connectivity index (χ4n) is 4.07. The molecule has 0 radical (unpaired) electrons. The molecule has 0 amide bonds. The van der Waals surface area contributed by atoms with Gasteiger partial charge < -0.3 is 14.0 Å². The maximum atomic E-state index is 11.6. The van der Waals surface area contributed by atoms with Crippen LogP contribution in [0.3, 0.4) is 0 Å². The van der Waals surface area contributed by atoms with Crippen LogP contribution in [0.2, 0.25) is 12.6 Å². The van der Waals surface area contributed by atoms with Gasteiger partial charge in [0.05, 0.1) is 5.76 Å². The molecular weight excluding hydrogens is 376 g/mol. The van der Waals surface area contributed by atoms with E-state index in [4.69, 9.17) is 9.16 Å². The van der Waals surface area contributed by atoms with Crippen molar-refractivity contribution in [2.75, 3.05) is 0 Å². The Morgan fingerprint density at radius 2 is 1.76 bits per heavy atom. The third kappa shape index (κ3) is 6.60. The molecule has 0 aromatic heterocycles.